The van der Waals surface area contributed by atoms with Crippen molar-refractivity contribution in [1.82, 2.24) is 4.90 Å². The number of amides is 1. The Morgan fingerprint density at radius 3 is 2.67 bits per heavy atom. The minimum atomic E-state index is -0.645. The lowest BCUT2D eigenvalue weighted by atomic mass is 9.91. The van der Waals surface area contributed by atoms with Crippen LogP contribution in [0.15, 0.2) is 18.2 Å². The van der Waals surface area contributed by atoms with Crippen molar-refractivity contribution in [3.63, 3.8) is 0 Å². The molecule has 0 radical (unpaired) electrons. The lowest BCUT2D eigenvalue weighted by Crippen LogP contribution is -2.44. The molecule has 0 bridgehead atoms. The van der Waals surface area contributed by atoms with Gasteiger partial charge in [0.25, 0.3) is 0 Å². The summed E-state index contributed by atoms with van der Waals surface area (Å²) >= 11 is 0. The minimum absolute atomic E-state index is 0.0428. The van der Waals surface area contributed by atoms with E-state index in [-0.39, 0.29) is 11.9 Å². The van der Waals surface area contributed by atoms with Crippen molar-refractivity contribution < 1.29 is 19.1 Å². The van der Waals surface area contributed by atoms with Crippen molar-refractivity contribution in [2.45, 2.75) is 45.1 Å². The topological polar surface area (TPSA) is 59.1 Å². The molecule has 1 aromatic carbocycles. The third-order valence-electron chi connectivity index (χ3n) is 5.47. The molecule has 1 saturated heterocycles. The van der Waals surface area contributed by atoms with Crippen LogP contribution in [-0.2, 0) is 25.5 Å². The van der Waals surface area contributed by atoms with Gasteiger partial charge in [0, 0.05) is 31.7 Å². The zero-order valence-electron chi connectivity index (χ0n) is 16.4. The second kappa shape index (κ2) is 9.22. The van der Waals surface area contributed by atoms with Crippen molar-refractivity contribution in [2.75, 3.05) is 44.9 Å². The van der Waals surface area contributed by atoms with E-state index in [1.165, 1.54) is 7.11 Å². The Balaban J connectivity index is 1.87. The van der Waals surface area contributed by atoms with Gasteiger partial charge in [-0.2, -0.15) is 0 Å². The smallest absolute Gasteiger partial charge is 0.333 e. The first-order valence-electron chi connectivity index (χ1n) is 9.98. The number of esters is 1. The van der Waals surface area contributed by atoms with E-state index in [4.69, 9.17) is 9.47 Å². The average Bonchev–Trinajstić information content (AvgIpc) is 2.72. The second-order valence-electron chi connectivity index (χ2n) is 7.20. The molecule has 0 spiro atoms. The highest BCUT2D eigenvalue weighted by molar-refractivity contribution is 5.87. The largest absolute Gasteiger partial charge is 0.467 e. The first-order valence-corrected chi connectivity index (χ1v) is 9.98. The summed E-state index contributed by atoms with van der Waals surface area (Å²) in [5.74, 6) is -0.319. The Morgan fingerprint density at radius 1 is 1.19 bits per heavy atom. The Bertz CT molecular complexity index is 670. The molecule has 0 aromatic heterocycles. The van der Waals surface area contributed by atoms with E-state index in [0.717, 1.165) is 55.6 Å². The minimum Gasteiger partial charge on any atom is -0.467 e. The van der Waals surface area contributed by atoms with Gasteiger partial charge in [-0.05, 0) is 36.1 Å². The second-order valence-corrected chi connectivity index (χ2v) is 7.20. The SMILES string of the molecule is CCCCCC(=O)N1CCc2ccc(N3CCOCC3)cc2C1C(=O)OC. The van der Waals surface area contributed by atoms with E-state index in [1.54, 1.807) is 4.90 Å². The maximum Gasteiger partial charge on any atom is 0.333 e. The van der Waals surface area contributed by atoms with Gasteiger partial charge in [0.2, 0.25) is 5.91 Å². The maximum atomic E-state index is 12.8. The number of methoxy groups -OCH3 is 1. The molecule has 1 atom stereocenters. The number of nitrogens with zero attached hydrogens (tertiary/aromatic N) is 2. The van der Waals surface area contributed by atoms with Crippen LogP contribution in [0.4, 0.5) is 5.69 Å². The first-order chi connectivity index (χ1) is 13.2. The molecule has 0 N–H and O–H groups in total. The molecule has 6 heteroatoms. The van der Waals surface area contributed by atoms with Gasteiger partial charge in [0.1, 0.15) is 0 Å². The van der Waals surface area contributed by atoms with Gasteiger partial charge in [-0.3, -0.25) is 4.79 Å². The van der Waals surface area contributed by atoms with Crippen LogP contribution in [0.25, 0.3) is 0 Å². The maximum absolute atomic E-state index is 12.8. The lowest BCUT2D eigenvalue weighted by molar-refractivity contribution is -0.154. The molecule has 1 aromatic rings. The zero-order chi connectivity index (χ0) is 19.2. The number of unbranched alkanes of at least 4 members (excludes halogenated alkanes) is 2. The molecule has 1 fully saturated rings. The van der Waals surface area contributed by atoms with Crippen LogP contribution in [0, 0.1) is 0 Å². The summed E-state index contributed by atoms with van der Waals surface area (Å²) in [5.41, 5.74) is 3.10. The zero-order valence-corrected chi connectivity index (χ0v) is 16.4. The number of ether oxygens (including phenoxy) is 2. The molecule has 0 saturated carbocycles. The van der Waals surface area contributed by atoms with E-state index in [9.17, 15) is 9.59 Å². The third-order valence-corrected chi connectivity index (χ3v) is 5.47. The van der Waals surface area contributed by atoms with E-state index < -0.39 is 6.04 Å². The number of morpholine rings is 1. The van der Waals surface area contributed by atoms with Gasteiger partial charge >= 0.3 is 5.97 Å². The van der Waals surface area contributed by atoms with Crippen LogP contribution in [-0.4, -0.2) is 56.7 Å². The van der Waals surface area contributed by atoms with Gasteiger partial charge in [0.05, 0.1) is 20.3 Å². The number of benzene rings is 1. The summed E-state index contributed by atoms with van der Waals surface area (Å²) in [4.78, 5) is 29.4. The van der Waals surface area contributed by atoms with Crippen LogP contribution < -0.4 is 4.90 Å². The number of rotatable bonds is 6. The summed E-state index contributed by atoms with van der Waals surface area (Å²) in [6, 6.07) is 5.62. The van der Waals surface area contributed by atoms with Gasteiger partial charge in [-0.25, -0.2) is 4.79 Å². The Kier molecular flexibility index (Phi) is 6.72. The van der Waals surface area contributed by atoms with Crippen LogP contribution >= 0.6 is 0 Å². The summed E-state index contributed by atoms with van der Waals surface area (Å²) < 4.78 is 10.5. The number of hydrogen-bond acceptors (Lipinski definition) is 5. The van der Waals surface area contributed by atoms with Gasteiger partial charge in [-0.1, -0.05) is 25.8 Å². The Labute approximate surface area is 161 Å². The average molecular weight is 374 g/mol. The highest BCUT2D eigenvalue weighted by atomic mass is 16.5. The van der Waals surface area contributed by atoms with Crippen molar-refractivity contribution in [1.29, 1.82) is 0 Å². The molecule has 6 nitrogen and oxygen atoms in total. The summed E-state index contributed by atoms with van der Waals surface area (Å²) in [6.07, 6.45) is 4.21. The molecular weight excluding hydrogens is 344 g/mol. The van der Waals surface area contributed by atoms with Crippen molar-refractivity contribution in [3.05, 3.63) is 29.3 Å². The van der Waals surface area contributed by atoms with Crippen LogP contribution in [0.5, 0.6) is 0 Å². The molecule has 148 valence electrons. The molecule has 1 unspecified atom stereocenters. The lowest BCUT2D eigenvalue weighted by Gasteiger charge is -2.37. The summed E-state index contributed by atoms with van der Waals surface area (Å²) in [6.45, 7) is 5.77. The molecule has 2 aliphatic rings. The fourth-order valence-corrected chi connectivity index (χ4v) is 3.93. The quantitative estimate of drug-likeness (QED) is 0.566. The van der Waals surface area contributed by atoms with E-state index >= 15 is 0 Å². The van der Waals surface area contributed by atoms with Crippen LogP contribution in [0.3, 0.4) is 0 Å². The molecular formula is C21H30N2O4. The Hall–Kier alpha value is -2.08. The molecule has 0 aliphatic carbocycles. The number of fused-ring (bicyclic) bond motifs is 1. The third kappa shape index (κ3) is 4.43. The molecule has 2 heterocycles. The number of carbonyl (C=O) groups is 2. The normalized spacial score (nSPS) is 19.6. The van der Waals surface area contributed by atoms with Gasteiger partial charge < -0.3 is 19.3 Å². The number of carbonyl (C=O) groups excluding carboxylic acids is 2. The van der Waals surface area contributed by atoms with Crippen molar-refractivity contribution >= 4 is 17.6 Å². The van der Waals surface area contributed by atoms with Gasteiger partial charge in [0.15, 0.2) is 6.04 Å². The van der Waals surface area contributed by atoms with E-state index in [2.05, 4.69) is 30.0 Å². The highest BCUT2D eigenvalue weighted by Gasteiger charge is 2.36. The predicted octanol–water partition coefficient (Wildman–Crippen LogP) is 2.70. The number of hydrogen-bond donors (Lipinski definition) is 0. The van der Waals surface area contributed by atoms with Crippen LogP contribution in [0.1, 0.15) is 49.8 Å². The summed E-state index contributed by atoms with van der Waals surface area (Å²) in [7, 11) is 1.39. The first kappa shape index (κ1) is 19.7. The number of anilines is 1. The van der Waals surface area contributed by atoms with Crippen LogP contribution in [0.2, 0.25) is 0 Å². The highest BCUT2D eigenvalue weighted by Crippen LogP contribution is 2.34. The standard InChI is InChI=1S/C21H30N2O4/c1-3-4-5-6-19(24)23-10-9-16-7-8-17(22-11-13-27-14-12-22)15-18(16)20(23)21(25)26-2/h7-8,15,20H,3-6,9-14H2,1-2H3. The molecule has 1 amide bonds. The Morgan fingerprint density at radius 2 is 1.96 bits per heavy atom. The monoisotopic (exact) mass is 374 g/mol. The van der Waals surface area contributed by atoms with Crippen molar-refractivity contribution in [3.8, 4) is 0 Å². The molecule has 2 aliphatic heterocycles. The fourth-order valence-electron chi connectivity index (χ4n) is 3.93. The molecule has 27 heavy (non-hydrogen) atoms. The van der Waals surface area contributed by atoms with E-state index in [1.807, 2.05) is 0 Å². The van der Waals surface area contributed by atoms with E-state index in [0.29, 0.717) is 26.2 Å². The molecule has 3 rings (SSSR count). The fraction of sp³-hybridized carbons (Fsp3) is 0.619. The van der Waals surface area contributed by atoms with Gasteiger partial charge in [-0.15, -0.1) is 0 Å². The summed E-state index contributed by atoms with van der Waals surface area (Å²) in [5, 5.41) is 0. The van der Waals surface area contributed by atoms with Crippen molar-refractivity contribution in [2.24, 2.45) is 0 Å². The predicted molar refractivity (Wildman–Crippen MR) is 104 cm³/mol.